The third-order valence-corrected chi connectivity index (χ3v) is 1.73. The number of benzene rings is 1. The molecule has 0 aliphatic carbocycles. The van der Waals surface area contributed by atoms with E-state index in [-0.39, 0.29) is 17.0 Å². The molecule has 4 nitrogen and oxygen atoms in total. The lowest BCUT2D eigenvalue weighted by Gasteiger charge is -1.99. The van der Waals surface area contributed by atoms with Gasteiger partial charge in [0.15, 0.2) is 13.3 Å². The molecule has 0 atom stereocenters. The Balaban J connectivity index is 3.44. The second-order valence-electron chi connectivity index (χ2n) is 2.84. The second kappa shape index (κ2) is 3.35. The van der Waals surface area contributed by atoms with Crippen molar-refractivity contribution in [1.82, 2.24) is 0 Å². The molecule has 0 unspecified atom stereocenters. The Morgan fingerprint density at radius 1 is 1.46 bits per heavy atom. The van der Waals surface area contributed by atoms with E-state index in [2.05, 4.69) is 0 Å². The van der Waals surface area contributed by atoms with Crippen molar-refractivity contribution in [2.24, 2.45) is 0 Å². The monoisotopic (exact) mass is 180 g/mol. The molecule has 0 heterocycles. The van der Waals surface area contributed by atoms with Crippen LogP contribution in [0.4, 0.5) is 5.69 Å². The van der Waals surface area contributed by atoms with Crippen molar-refractivity contribution in [3.63, 3.8) is 0 Å². The van der Waals surface area contributed by atoms with Crippen LogP contribution in [0.5, 0.6) is 5.75 Å². The van der Waals surface area contributed by atoms with Gasteiger partial charge in [0, 0.05) is 15.7 Å². The Morgan fingerprint density at radius 3 is 2.54 bits per heavy atom. The number of carbonyl (C=O) groups excluding carboxylic acids is 1. The van der Waals surface area contributed by atoms with Crippen molar-refractivity contribution < 1.29 is 14.7 Å². The molecular weight excluding hydrogens is 170 g/mol. The van der Waals surface area contributed by atoms with E-state index in [0.29, 0.717) is 11.0 Å². The lowest BCUT2D eigenvalue weighted by Crippen LogP contribution is -1.94. The number of hydrogen-bond donors (Lipinski definition) is 1. The third kappa shape index (κ3) is 1.72. The average molecular weight is 180 g/mol. The highest BCUT2D eigenvalue weighted by molar-refractivity contribution is 5.82. The van der Waals surface area contributed by atoms with Gasteiger partial charge in [-0.1, -0.05) is 0 Å². The fourth-order valence-electron chi connectivity index (χ4n) is 1.12. The van der Waals surface area contributed by atoms with Gasteiger partial charge in [-0.2, -0.15) is 0 Å². The number of phenols is 1. The first kappa shape index (κ1) is 9.38. The summed E-state index contributed by atoms with van der Waals surface area (Å²) in [6.07, 6.45) is 0.523. The molecule has 1 rings (SSSR count). The van der Waals surface area contributed by atoms with Gasteiger partial charge in [0.2, 0.25) is 5.75 Å². The van der Waals surface area contributed by atoms with Crippen molar-refractivity contribution in [1.29, 1.82) is 0 Å². The lowest BCUT2D eigenvalue weighted by molar-refractivity contribution is -0.429. The fraction of sp³-hybridized carbons (Fsp3) is 0.222. The quantitative estimate of drug-likeness (QED) is 0.555. The van der Waals surface area contributed by atoms with Crippen LogP contribution in [0.1, 0.15) is 15.9 Å². The van der Waals surface area contributed by atoms with Gasteiger partial charge in [-0.05, 0) is 18.6 Å². The Morgan fingerprint density at radius 2 is 2.08 bits per heavy atom. The maximum atomic E-state index is 10.9. The van der Waals surface area contributed by atoms with Gasteiger partial charge in [-0.25, -0.2) is 0 Å². The van der Waals surface area contributed by atoms with Gasteiger partial charge in [0.1, 0.15) is 0 Å². The molecule has 0 aliphatic heterocycles. The SMILES string of the molecule is Cc1cc(C=O)c(O)c([N+](C)=O)c1. The molecule has 1 N–H and O–H groups in total. The molecule has 1 aromatic rings. The number of rotatable bonds is 2. The first-order chi connectivity index (χ1) is 6.06. The molecule has 4 heteroatoms. The molecule has 13 heavy (non-hydrogen) atoms. The van der Waals surface area contributed by atoms with Crippen LogP contribution in [0, 0.1) is 11.8 Å². The Kier molecular flexibility index (Phi) is 2.41. The van der Waals surface area contributed by atoms with Gasteiger partial charge >= 0.3 is 0 Å². The van der Waals surface area contributed by atoms with E-state index in [1.54, 1.807) is 6.92 Å². The van der Waals surface area contributed by atoms with Gasteiger partial charge in [-0.15, -0.1) is 0 Å². The van der Waals surface area contributed by atoms with Crippen LogP contribution in [0.3, 0.4) is 0 Å². The predicted molar refractivity (Wildman–Crippen MR) is 47.4 cm³/mol. The van der Waals surface area contributed by atoms with E-state index < -0.39 is 0 Å². The number of nitroso groups, excluding NO2 is 1. The van der Waals surface area contributed by atoms with Crippen LogP contribution in [0.25, 0.3) is 0 Å². The van der Waals surface area contributed by atoms with E-state index in [0.717, 1.165) is 5.56 Å². The number of phenolic OH excluding ortho intramolecular Hbond substituents is 1. The zero-order chi connectivity index (χ0) is 10.0. The highest BCUT2D eigenvalue weighted by Crippen LogP contribution is 2.29. The van der Waals surface area contributed by atoms with Crippen molar-refractivity contribution >= 4 is 12.0 Å². The highest BCUT2D eigenvalue weighted by Gasteiger charge is 2.17. The predicted octanol–water partition coefficient (Wildman–Crippen LogP) is 1.55. The molecule has 0 saturated carbocycles. The Labute approximate surface area is 75.4 Å². The summed E-state index contributed by atoms with van der Waals surface area (Å²) < 4.78 is 0.523. The van der Waals surface area contributed by atoms with E-state index in [4.69, 9.17) is 0 Å². The molecule has 0 saturated heterocycles. The minimum Gasteiger partial charge on any atom is -0.502 e. The zero-order valence-corrected chi connectivity index (χ0v) is 7.44. The molecule has 0 spiro atoms. The first-order valence-corrected chi connectivity index (χ1v) is 3.76. The highest BCUT2D eigenvalue weighted by atomic mass is 16.3. The van der Waals surface area contributed by atoms with Crippen LogP contribution in [0.15, 0.2) is 12.1 Å². The molecular formula is C9H10NO3+. The summed E-state index contributed by atoms with van der Waals surface area (Å²) in [7, 11) is 1.27. The summed E-state index contributed by atoms with van der Waals surface area (Å²) in [5, 5.41) is 9.41. The normalized spacial score (nSPS) is 9.69. The second-order valence-corrected chi connectivity index (χ2v) is 2.84. The standard InChI is InChI=1S/C9H9NO3/c1-6-3-7(5-11)9(12)8(4-6)10(2)13/h3-5H,1-2H3/p+1. The Bertz CT molecular complexity index is 371. The molecule has 0 radical (unpaired) electrons. The van der Waals surface area contributed by atoms with Crippen molar-refractivity contribution in [2.75, 3.05) is 7.05 Å². The average Bonchev–Trinajstić information content (AvgIpc) is 2.08. The number of aromatic hydroxyl groups is 1. The molecule has 68 valence electrons. The van der Waals surface area contributed by atoms with E-state index in [9.17, 15) is 14.8 Å². The number of hydrogen-bond acceptors (Lipinski definition) is 3. The molecule has 0 fully saturated rings. The first-order valence-electron chi connectivity index (χ1n) is 3.76. The summed E-state index contributed by atoms with van der Waals surface area (Å²) in [4.78, 5) is 21.4. The van der Waals surface area contributed by atoms with Crippen molar-refractivity contribution in [2.45, 2.75) is 6.92 Å². The number of nitrogens with zero attached hydrogens (tertiary/aromatic N) is 1. The van der Waals surface area contributed by atoms with Crippen LogP contribution < -0.4 is 0 Å². The molecule has 0 aliphatic rings. The largest absolute Gasteiger partial charge is 0.502 e. The summed E-state index contributed by atoms with van der Waals surface area (Å²) in [5.74, 6) is -0.266. The lowest BCUT2D eigenvalue weighted by atomic mass is 10.1. The number of aryl methyl sites for hydroxylation is 1. The van der Waals surface area contributed by atoms with E-state index in [1.165, 1.54) is 19.2 Å². The van der Waals surface area contributed by atoms with Gasteiger partial charge in [-0.3, -0.25) is 4.79 Å². The maximum Gasteiger partial charge on any atom is 0.297 e. The number of carbonyl (C=O) groups is 1. The van der Waals surface area contributed by atoms with Gasteiger partial charge in [0.25, 0.3) is 5.69 Å². The molecule has 1 aromatic carbocycles. The Hall–Kier alpha value is -1.71. The molecule has 0 bridgehead atoms. The van der Waals surface area contributed by atoms with Crippen LogP contribution in [0.2, 0.25) is 0 Å². The van der Waals surface area contributed by atoms with Crippen LogP contribution >= 0.6 is 0 Å². The zero-order valence-electron chi connectivity index (χ0n) is 7.44. The smallest absolute Gasteiger partial charge is 0.297 e. The maximum absolute atomic E-state index is 10.9. The summed E-state index contributed by atoms with van der Waals surface area (Å²) in [5.41, 5.74) is 1.01. The van der Waals surface area contributed by atoms with Crippen molar-refractivity contribution in [3.05, 3.63) is 28.2 Å². The summed E-state index contributed by atoms with van der Waals surface area (Å²) in [6.45, 7) is 1.75. The minimum atomic E-state index is -0.266. The third-order valence-electron chi connectivity index (χ3n) is 1.73. The molecule has 0 amide bonds. The summed E-state index contributed by atoms with van der Waals surface area (Å²) >= 11 is 0. The van der Waals surface area contributed by atoms with Crippen LogP contribution in [-0.2, 0) is 0 Å². The minimum absolute atomic E-state index is 0.113. The van der Waals surface area contributed by atoms with E-state index in [1.807, 2.05) is 0 Å². The summed E-state index contributed by atoms with van der Waals surface area (Å²) in [6, 6.07) is 3.05. The fourth-order valence-corrected chi connectivity index (χ4v) is 1.12. The van der Waals surface area contributed by atoms with Crippen LogP contribution in [-0.4, -0.2) is 23.2 Å². The van der Waals surface area contributed by atoms with Gasteiger partial charge < -0.3 is 5.11 Å². The van der Waals surface area contributed by atoms with Crippen molar-refractivity contribution in [3.8, 4) is 5.75 Å². The van der Waals surface area contributed by atoms with Gasteiger partial charge in [0.05, 0.1) is 5.56 Å². The topological polar surface area (TPSA) is 57.4 Å². The van der Waals surface area contributed by atoms with E-state index >= 15 is 0 Å². The number of aldehydes is 1. The molecule has 0 aromatic heterocycles.